The zero-order valence-electron chi connectivity index (χ0n) is 19.7. The van der Waals surface area contributed by atoms with Gasteiger partial charge in [-0.15, -0.1) is 0 Å². The van der Waals surface area contributed by atoms with Crippen LogP contribution in [0.3, 0.4) is 0 Å². The van der Waals surface area contributed by atoms with Crippen LogP contribution in [-0.4, -0.2) is 123 Å². The van der Waals surface area contributed by atoms with Crippen molar-refractivity contribution in [2.45, 2.75) is 55.6 Å². The van der Waals surface area contributed by atoms with E-state index in [4.69, 9.17) is 0 Å². The highest BCUT2D eigenvalue weighted by Crippen LogP contribution is 2.21. The number of hydrogen-bond donors (Lipinski definition) is 7. The Balaban J connectivity index is 1.55. The second-order valence-corrected chi connectivity index (χ2v) is 9.34. The average molecular weight is 467 g/mol. The van der Waals surface area contributed by atoms with Crippen molar-refractivity contribution < 1.29 is 14.4 Å². The predicted molar refractivity (Wildman–Crippen MR) is 122 cm³/mol. The van der Waals surface area contributed by atoms with E-state index in [0.717, 1.165) is 12.8 Å². The molecule has 3 unspecified atom stereocenters. The third kappa shape index (κ3) is 5.10. The number of hydrazine groups is 1. The highest BCUT2D eigenvalue weighted by molar-refractivity contribution is 5.78. The lowest BCUT2D eigenvalue weighted by Gasteiger charge is -2.28. The van der Waals surface area contributed by atoms with Crippen molar-refractivity contribution in [3.8, 4) is 0 Å². The summed E-state index contributed by atoms with van der Waals surface area (Å²) in [5.41, 5.74) is 3.18. The molecule has 6 atom stereocenters. The molecule has 0 aromatic rings. The molecule has 13 nitrogen and oxygen atoms in total. The SMILES string of the molecule is CN[C@@H]1CC2CNC(=O)N3C[C@H](NC)CC3CNC(=O)N3N[C@H](NC)CC3CNC(=O)N2C1. The van der Waals surface area contributed by atoms with E-state index in [0.29, 0.717) is 39.1 Å². The Bertz CT molecular complexity index is 644. The summed E-state index contributed by atoms with van der Waals surface area (Å²) >= 11 is 0. The summed E-state index contributed by atoms with van der Waals surface area (Å²) in [6.45, 7) is 2.24. The Morgan fingerprint density at radius 2 is 1.15 bits per heavy atom. The molecule has 4 heterocycles. The quantitative estimate of drug-likeness (QED) is 0.245. The van der Waals surface area contributed by atoms with Gasteiger partial charge < -0.3 is 41.7 Å². The number of nitrogens with one attached hydrogen (secondary N) is 7. The smallest absolute Gasteiger partial charge is 0.332 e. The van der Waals surface area contributed by atoms with Crippen LogP contribution in [0.1, 0.15) is 19.3 Å². The summed E-state index contributed by atoms with van der Waals surface area (Å²) in [6.07, 6.45) is 2.14. The molecule has 0 aliphatic carbocycles. The number of fused-ring (bicyclic) bond motifs is 3. The minimum absolute atomic E-state index is 0.0628. The zero-order valence-corrected chi connectivity index (χ0v) is 19.7. The second-order valence-electron chi connectivity index (χ2n) is 9.34. The Labute approximate surface area is 194 Å². The maximum Gasteiger partial charge on any atom is 0.332 e. The third-order valence-corrected chi connectivity index (χ3v) is 7.37. The molecule has 0 bridgehead atoms. The van der Waals surface area contributed by atoms with E-state index < -0.39 is 0 Å². The Kier molecular flexibility index (Phi) is 7.41. The molecule has 7 N–H and O–H groups in total. The van der Waals surface area contributed by atoms with E-state index in [1.807, 2.05) is 21.1 Å². The fraction of sp³-hybridized carbons (Fsp3) is 0.850. The van der Waals surface area contributed by atoms with Gasteiger partial charge >= 0.3 is 18.1 Å². The van der Waals surface area contributed by atoms with E-state index in [1.54, 1.807) is 14.8 Å². The molecule has 0 saturated carbocycles. The largest absolute Gasteiger partial charge is 0.336 e. The first kappa shape index (κ1) is 23.8. The van der Waals surface area contributed by atoms with Crippen molar-refractivity contribution >= 4 is 18.1 Å². The molecule has 0 radical (unpaired) electrons. The van der Waals surface area contributed by atoms with Gasteiger partial charge in [0.05, 0.1) is 24.3 Å². The first-order chi connectivity index (χ1) is 15.9. The van der Waals surface area contributed by atoms with E-state index >= 15 is 0 Å². The van der Waals surface area contributed by atoms with Gasteiger partial charge in [0.15, 0.2) is 0 Å². The van der Waals surface area contributed by atoms with Crippen molar-refractivity contribution in [3.05, 3.63) is 0 Å². The van der Waals surface area contributed by atoms with Gasteiger partial charge in [0, 0.05) is 51.2 Å². The van der Waals surface area contributed by atoms with Crippen LogP contribution < -0.4 is 37.3 Å². The molecule has 4 aliphatic heterocycles. The molecule has 186 valence electrons. The summed E-state index contributed by atoms with van der Waals surface area (Å²) in [5.74, 6) is 0. The summed E-state index contributed by atoms with van der Waals surface area (Å²) in [5, 5.41) is 20.2. The first-order valence-electron chi connectivity index (χ1n) is 11.9. The predicted octanol–water partition coefficient (Wildman–Crippen LogP) is -2.42. The first-order valence-corrected chi connectivity index (χ1v) is 11.9. The fourth-order valence-corrected chi connectivity index (χ4v) is 5.32. The van der Waals surface area contributed by atoms with Crippen LogP contribution in [0.15, 0.2) is 0 Å². The molecule has 4 saturated heterocycles. The van der Waals surface area contributed by atoms with E-state index in [9.17, 15) is 14.4 Å². The maximum absolute atomic E-state index is 13.1. The lowest BCUT2D eigenvalue weighted by atomic mass is 10.1. The minimum Gasteiger partial charge on any atom is -0.336 e. The summed E-state index contributed by atoms with van der Waals surface area (Å²) in [7, 11) is 5.61. The van der Waals surface area contributed by atoms with Crippen LogP contribution in [0.2, 0.25) is 0 Å². The Morgan fingerprint density at radius 3 is 1.64 bits per heavy atom. The maximum atomic E-state index is 13.1. The standard InChI is InChI=1S/C20H38N10O3/c1-21-12-4-14-7-24-18(31)29-11-13(22-2)5-15(29)8-26-20(33)30-16(6-17(23-3)27-30)9-25-19(32)28(14)10-12/h12-17,21-23,27H,4-11H2,1-3H3,(H,24,31)(H,25,32)(H,26,33)/t12-,13-,14?,15?,16?,17+/m1/s1. The fourth-order valence-electron chi connectivity index (χ4n) is 5.32. The van der Waals surface area contributed by atoms with Crippen molar-refractivity contribution in [3.63, 3.8) is 0 Å². The molecule has 0 aromatic carbocycles. The molecule has 13 heteroatoms. The number of carbonyl (C=O) groups excluding carboxylic acids is 3. The topological polar surface area (TPSA) is 145 Å². The highest BCUT2D eigenvalue weighted by Gasteiger charge is 2.40. The van der Waals surface area contributed by atoms with Gasteiger partial charge in [0.2, 0.25) is 0 Å². The van der Waals surface area contributed by atoms with Crippen molar-refractivity contribution in [1.82, 2.24) is 52.1 Å². The molecule has 0 spiro atoms. The molecule has 4 rings (SSSR count). The van der Waals surface area contributed by atoms with Crippen LogP contribution >= 0.6 is 0 Å². The molecule has 33 heavy (non-hydrogen) atoms. The van der Waals surface area contributed by atoms with Crippen molar-refractivity contribution in [1.29, 1.82) is 0 Å². The van der Waals surface area contributed by atoms with Crippen LogP contribution in [0.4, 0.5) is 14.4 Å². The van der Waals surface area contributed by atoms with Gasteiger partial charge in [-0.3, -0.25) is 5.01 Å². The van der Waals surface area contributed by atoms with Crippen LogP contribution in [0.5, 0.6) is 0 Å². The summed E-state index contributed by atoms with van der Waals surface area (Å²) in [6, 6.07) is -0.653. The average Bonchev–Trinajstić information content (AvgIpc) is 3.54. The minimum atomic E-state index is -0.260. The van der Waals surface area contributed by atoms with E-state index in [1.165, 1.54) is 0 Å². The third-order valence-electron chi connectivity index (χ3n) is 7.37. The van der Waals surface area contributed by atoms with E-state index in [2.05, 4.69) is 37.3 Å². The van der Waals surface area contributed by atoms with Gasteiger partial charge in [-0.1, -0.05) is 0 Å². The van der Waals surface area contributed by atoms with Crippen molar-refractivity contribution in [2.24, 2.45) is 0 Å². The molecule has 4 fully saturated rings. The summed E-state index contributed by atoms with van der Waals surface area (Å²) < 4.78 is 0. The van der Waals surface area contributed by atoms with Gasteiger partial charge in [-0.2, -0.15) is 0 Å². The van der Waals surface area contributed by atoms with Crippen molar-refractivity contribution in [2.75, 3.05) is 53.9 Å². The molecular weight excluding hydrogens is 428 g/mol. The second kappa shape index (κ2) is 10.3. The van der Waals surface area contributed by atoms with Crippen LogP contribution in [0, 0.1) is 0 Å². The zero-order chi connectivity index (χ0) is 23.5. The number of carbonyl (C=O) groups is 3. The van der Waals surface area contributed by atoms with Gasteiger partial charge in [-0.05, 0) is 34.0 Å². The number of nitrogens with zero attached hydrogens (tertiary/aromatic N) is 3. The Hall–Kier alpha value is -2.35. The lowest BCUT2D eigenvalue weighted by molar-refractivity contribution is 0.157. The number of urea groups is 3. The monoisotopic (exact) mass is 466 g/mol. The normalized spacial score (nSPS) is 35.7. The lowest BCUT2D eigenvalue weighted by Crippen LogP contribution is -2.55. The highest BCUT2D eigenvalue weighted by atomic mass is 16.2. The van der Waals surface area contributed by atoms with E-state index in [-0.39, 0.29) is 54.5 Å². The van der Waals surface area contributed by atoms with Crippen LogP contribution in [-0.2, 0) is 0 Å². The van der Waals surface area contributed by atoms with Gasteiger partial charge in [-0.25, -0.2) is 19.8 Å². The molecule has 4 aliphatic rings. The van der Waals surface area contributed by atoms with Gasteiger partial charge in [0.1, 0.15) is 0 Å². The number of likely N-dealkylation sites (N-methyl/N-ethyl adjacent to an activating group) is 2. The van der Waals surface area contributed by atoms with Crippen LogP contribution in [0.25, 0.3) is 0 Å². The Morgan fingerprint density at radius 1 is 0.667 bits per heavy atom. The molecule has 0 aromatic heterocycles. The van der Waals surface area contributed by atoms with Gasteiger partial charge in [0.25, 0.3) is 0 Å². The molecule has 6 amide bonds. The number of amides is 6. The summed E-state index contributed by atoms with van der Waals surface area (Å²) in [4.78, 5) is 42.7. The number of hydrogen-bond acceptors (Lipinski definition) is 7. The molecular formula is C20H38N10O3. The number of rotatable bonds is 3.